The standard InChI is InChI=1S/C21H33N3O3S/c1-16-7-9-19(10-8-16)28(26,27)24-13-11-23(12-14-24)15-21(25)22-20-6-4-5-17(2)18(20)3/h7-10,17-18,20H,4-6,11-15H2,1-3H3,(H,22,25)/t17-,18-,20+/m0/s1. The summed E-state index contributed by atoms with van der Waals surface area (Å²) in [5, 5.41) is 3.21. The van der Waals surface area contributed by atoms with Gasteiger partial charge in [-0.3, -0.25) is 9.69 Å². The summed E-state index contributed by atoms with van der Waals surface area (Å²) < 4.78 is 27.1. The third-order valence-electron chi connectivity index (χ3n) is 6.41. The Morgan fingerprint density at radius 3 is 2.36 bits per heavy atom. The highest BCUT2D eigenvalue weighted by molar-refractivity contribution is 7.89. The lowest BCUT2D eigenvalue weighted by Crippen LogP contribution is -2.52. The fourth-order valence-corrected chi connectivity index (χ4v) is 5.65. The smallest absolute Gasteiger partial charge is 0.243 e. The summed E-state index contributed by atoms with van der Waals surface area (Å²) in [6, 6.07) is 7.23. The molecule has 1 N–H and O–H groups in total. The number of piperazine rings is 1. The van der Waals surface area contributed by atoms with Gasteiger partial charge in [-0.15, -0.1) is 0 Å². The summed E-state index contributed by atoms with van der Waals surface area (Å²) in [4.78, 5) is 14.9. The molecular formula is C21H33N3O3S. The van der Waals surface area contributed by atoms with E-state index in [9.17, 15) is 13.2 Å². The van der Waals surface area contributed by atoms with Crippen molar-refractivity contribution in [1.82, 2.24) is 14.5 Å². The quantitative estimate of drug-likeness (QED) is 0.813. The molecule has 0 radical (unpaired) electrons. The second kappa shape index (κ2) is 8.93. The number of rotatable bonds is 5. The van der Waals surface area contributed by atoms with Gasteiger partial charge in [-0.05, 0) is 37.3 Å². The third kappa shape index (κ3) is 4.93. The number of carbonyl (C=O) groups is 1. The molecule has 1 aromatic carbocycles. The van der Waals surface area contributed by atoms with Crippen molar-refractivity contribution < 1.29 is 13.2 Å². The first-order chi connectivity index (χ1) is 13.3. The highest BCUT2D eigenvalue weighted by Gasteiger charge is 2.31. The molecule has 6 nitrogen and oxygen atoms in total. The molecule has 156 valence electrons. The van der Waals surface area contributed by atoms with Gasteiger partial charge in [-0.2, -0.15) is 4.31 Å². The van der Waals surface area contributed by atoms with Gasteiger partial charge in [0.1, 0.15) is 0 Å². The van der Waals surface area contributed by atoms with Crippen LogP contribution in [0.5, 0.6) is 0 Å². The van der Waals surface area contributed by atoms with Crippen molar-refractivity contribution in [2.45, 2.75) is 51.0 Å². The Kier molecular flexibility index (Phi) is 6.78. The van der Waals surface area contributed by atoms with Crippen LogP contribution in [0, 0.1) is 18.8 Å². The van der Waals surface area contributed by atoms with Gasteiger partial charge in [0, 0.05) is 32.2 Å². The minimum atomic E-state index is -3.46. The Hall–Kier alpha value is -1.44. The first kappa shape index (κ1) is 21.3. The number of hydrogen-bond donors (Lipinski definition) is 1. The monoisotopic (exact) mass is 407 g/mol. The molecule has 7 heteroatoms. The topological polar surface area (TPSA) is 69.7 Å². The fourth-order valence-electron chi connectivity index (χ4n) is 4.23. The number of sulfonamides is 1. The molecule has 1 heterocycles. The number of hydrogen-bond acceptors (Lipinski definition) is 4. The number of nitrogens with zero attached hydrogens (tertiary/aromatic N) is 2. The van der Waals surface area contributed by atoms with Crippen LogP contribution in [0.15, 0.2) is 29.2 Å². The summed E-state index contributed by atoms with van der Waals surface area (Å²) in [5.74, 6) is 1.21. The molecule has 1 saturated heterocycles. The van der Waals surface area contributed by atoms with Gasteiger partial charge in [-0.25, -0.2) is 8.42 Å². The van der Waals surface area contributed by atoms with E-state index in [1.165, 1.54) is 17.1 Å². The zero-order valence-corrected chi connectivity index (χ0v) is 18.0. The Labute approximate surface area is 169 Å². The Morgan fingerprint density at radius 1 is 1.07 bits per heavy atom. The van der Waals surface area contributed by atoms with Gasteiger partial charge >= 0.3 is 0 Å². The number of benzene rings is 1. The van der Waals surface area contributed by atoms with Gasteiger partial charge in [-0.1, -0.05) is 44.4 Å². The first-order valence-electron chi connectivity index (χ1n) is 10.4. The second-order valence-corrected chi connectivity index (χ2v) is 10.4. The molecule has 28 heavy (non-hydrogen) atoms. The van der Waals surface area contributed by atoms with Gasteiger partial charge in [0.25, 0.3) is 0 Å². The van der Waals surface area contributed by atoms with Crippen LogP contribution in [0.25, 0.3) is 0 Å². The van der Waals surface area contributed by atoms with Crippen molar-refractivity contribution in [2.75, 3.05) is 32.7 Å². The van der Waals surface area contributed by atoms with Crippen LogP contribution in [-0.4, -0.2) is 62.3 Å². The molecule has 1 aliphatic heterocycles. The Bertz CT molecular complexity index is 771. The van der Waals surface area contributed by atoms with Crippen molar-refractivity contribution in [3.63, 3.8) is 0 Å². The Balaban J connectivity index is 1.50. The summed E-state index contributed by atoms with van der Waals surface area (Å²) in [6.45, 7) is 8.76. The number of aryl methyl sites for hydroxylation is 1. The van der Waals surface area contributed by atoms with Gasteiger partial charge < -0.3 is 5.32 Å². The highest BCUT2D eigenvalue weighted by atomic mass is 32.2. The zero-order chi connectivity index (χ0) is 20.3. The van der Waals surface area contributed by atoms with Crippen LogP contribution >= 0.6 is 0 Å². The van der Waals surface area contributed by atoms with E-state index in [2.05, 4.69) is 19.2 Å². The molecule has 3 atom stereocenters. The minimum absolute atomic E-state index is 0.0563. The van der Waals surface area contributed by atoms with Crippen molar-refractivity contribution in [3.05, 3.63) is 29.8 Å². The highest BCUT2D eigenvalue weighted by Crippen LogP contribution is 2.29. The molecule has 1 amide bonds. The lowest BCUT2D eigenvalue weighted by atomic mass is 9.78. The van der Waals surface area contributed by atoms with E-state index >= 15 is 0 Å². The van der Waals surface area contributed by atoms with E-state index in [-0.39, 0.29) is 11.9 Å². The Morgan fingerprint density at radius 2 is 1.71 bits per heavy atom. The molecule has 3 rings (SSSR count). The fraction of sp³-hybridized carbons (Fsp3) is 0.667. The molecule has 0 aromatic heterocycles. The van der Waals surface area contributed by atoms with Gasteiger partial charge in [0.15, 0.2) is 0 Å². The summed E-state index contributed by atoms with van der Waals surface area (Å²) in [5.41, 5.74) is 1.04. The van der Waals surface area contributed by atoms with Crippen molar-refractivity contribution >= 4 is 15.9 Å². The first-order valence-corrected chi connectivity index (χ1v) is 11.8. The van der Waals surface area contributed by atoms with Crippen molar-refractivity contribution in [1.29, 1.82) is 0 Å². The SMILES string of the molecule is Cc1ccc(S(=O)(=O)N2CCN(CC(=O)N[C@@H]3CCC[C@H](C)[C@@H]3C)CC2)cc1. The molecule has 2 aliphatic rings. The summed E-state index contributed by atoms with van der Waals surface area (Å²) in [7, 11) is -3.46. The number of carbonyl (C=O) groups excluding carboxylic acids is 1. The maximum absolute atomic E-state index is 12.8. The van der Waals surface area contributed by atoms with E-state index in [4.69, 9.17) is 0 Å². The molecule has 1 aliphatic carbocycles. The zero-order valence-electron chi connectivity index (χ0n) is 17.2. The van der Waals surface area contributed by atoms with Gasteiger partial charge in [0.2, 0.25) is 15.9 Å². The lowest BCUT2D eigenvalue weighted by Gasteiger charge is -2.36. The van der Waals surface area contributed by atoms with Crippen molar-refractivity contribution in [2.24, 2.45) is 11.8 Å². The largest absolute Gasteiger partial charge is 0.352 e. The average Bonchev–Trinajstić information content (AvgIpc) is 2.66. The van der Waals surface area contributed by atoms with E-state index in [0.717, 1.165) is 12.0 Å². The predicted molar refractivity (Wildman–Crippen MR) is 110 cm³/mol. The molecule has 1 saturated carbocycles. The normalized spacial score (nSPS) is 27.5. The van der Waals surface area contributed by atoms with Crippen LogP contribution in [0.2, 0.25) is 0 Å². The molecule has 0 unspecified atom stereocenters. The van der Waals surface area contributed by atoms with E-state index in [1.807, 2.05) is 24.0 Å². The van der Waals surface area contributed by atoms with E-state index in [0.29, 0.717) is 49.5 Å². The molecule has 0 spiro atoms. The maximum Gasteiger partial charge on any atom is 0.243 e. The third-order valence-corrected chi connectivity index (χ3v) is 8.32. The van der Waals surface area contributed by atoms with Crippen LogP contribution in [0.4, 0.5) is 0 Å². The van der Waals surface area contributed by atoms with Crippen molar-refractivity contribution in [3.8, 4) is 0 Å². The molecule has 1 aromatic rings. The molecule has 2 fully saturated rings. The maximum atomic E-state index is 12.8. The van der Waals surface area contributed by atoms with E-state index in [1.54, 1.807) is 12.1 Å². The van der Waals surface area contributed by atoms with Gasteiger partial charge in [0.05, 0.1) is 11.4 Å². The van der Waals surface area contributed by atoms with Crippen LogP contribution in [-0.2, 0) is 14.8 Å². The minimum Gasteiger partial charge on any atom is -0.352 e. The summed E-state index contributed by atoms with van der Waals surface area (Å²) in [6.07, 6.45) is 3.47. The van der Waals surface area contributed by atoms with Crippen LogP contribution in [0.3, 0.4) is 0 Å². The number of nitrogens with one attached hydrogen (secondary N) is 1. The predicted octanol–water partition coefficient (Wildman–Crippen LogP) is 2.24. The molecule has 0 bridgehead atoms. The number of amides is 1. The lowest BCUT2D eigenvalue weighted by molar-refractivity contribution is -0.124. The second-order valence-electron chi connectivity index (χ2n) is 8.43. The van der Waals surface area contributed by atoms with E-state index < -0.39 is 10.0 Å². The summed E-state index contributed by atoms with van der Waals surface area (Å²) >= 11 is 0. The average molecular weight is 408 g/mol. The van der Waals surface area contributed by atoms with Crippen LogP contribution < -0.4 is 5.32 Å². The molecular weight excluding hydrogens is 374 g/mol. The van der Waals surface area contributed by atoms with Crippen LogP contribution in [0.1, 0.15) is 38.7 Å².